The summed E-state index contributed by atoms with van der Waals surface area (Å²) < 4.78 is 7.41. The lowest BCUT2D eigenvalue weighted by atomic mass is 10.1. The lowest BCUT2D eigenvalue weighted by Gasteiger charge is -2.27. The van der Waals surface area contributed by atoms with Crippen molar-refractivity contribution in [2.24, 2.45) is 0 Å². The molecule has 3 aromatic rings. The molecule has 0 spiro atoms. The number of benzene rings is 2. The number of nitro benzene ring substituents is 1. The van der Waals surface area contributed by atoms with E-state index in [1.165, 1.54) is 19.3 Å². The molecule has 0 amide bonds. The molecule has 0 aliphatic carbocycles. The van der Waals surface area contributed by atoms with Crippen molar-refractivity contribution in [3.63, 3.8) is 0 Å². The maximum absolute atomic E-state index is 11.1. The molecule has 1 aliphatic heterocycles. The Morgan fingerprint density at radius 2 is 1.85 bits per heavy atom. The molecule has 0 saturated carbocycles. The van der Waals surface area contributed by atoms with E-state index in [0.29, 0.717) is 5.52 Å². The normalized spacial score (nSPS) is 15.1. The summed E-state index contributed by atoms with van der Waals surface area (Å²) in [5, 5.41) is 11.1. The Morgan fingerprint density at radius 3 is 2.52 bits per heavy atom. The van der Waals surface area contributed by atoms with Crippen LogP contribution < -0.4 is 4.74 Å². The highest BCUT2D eigenvalue weighted by molar-refractivity contribution is 5.82. The minimum Gasteiger partial charge on any atom is -0.497 e. The standard InChI is InChI=1S/C20H22N4O3/c1-27-17-8-5-15(6-9-17)20-21-18-13-16(24(25)26)7-10-19(18)23(20)14-22-11-3-2-4-12-22/h5-10,13H,2-4,11-12,14H2,1H3. The van der Waals surface area contributed by atoms with E-state index in [1.807, 2.05) is 24.3 Å². The molecule has 4 rings (SSSR count). The fraction of sp³-hybridized carbons (Fsp3) is 0.350. The van der Waals surface area contributed by atoms with Crippen molar-refractivity contribution in [2.45, 2.75) is 25.9 Å². The summed E-state index contributed by atoms with van der Waals surface area (Å²) in [6, 6.07) is 12.7. The zero-order valence-electron chi connectivity index (χ0n) is 15.3. The Morgan fingerprint density at radius 1 is 1.11 bits per heavy atom. The van der Waals surface area contributed by atoms with Gasteiger partial charge in [-0.15, -0.1) is 0 Å². The van der Waals surface area contributed by atoms with Crippen molar-refractivity contribution >= 4 is 16.7 Å². The van der Waals surface area contributed by atoms with Crippen LogP contribution in [0.3, 0.4) is 0 Å². The van der Waals surface area contributed by atoms with Gasteiger partial charge in [0.05, 0.1) is 29.7 Å². The molecule has 1 aromatic heterocycles. The molecule has 0 radical (unpaired) electrons. The second-order valence-electron chi connectivity index (χ2n) is 6.84. The summed E-state index contributed by atoms with van der Waals surface area (Å²) in [6.07, 6.45) is 3.69. The number of rotatable bonds is 5. The number of fused-ring (bicyclic) bond motifs is 1. The monoisotopic (exact) mass is 366 g/mol. The lowest BCUT2D eigenvalue weighted by Crippen LogP contribution is -2.31. The zero-order chi connectivity index (χ0) is 18.8. The van der Waals surface area contributed by atoms with Crippen LogP contribution in [0.2, 0.25) is 0 Å². The Hall–Kier alpha value is -2.93. The van der Waals surface area contributed by atoms with Crippen LogP contribution in [0.25, 0.3) is 22.4 Å². The number of nitro groups is 1. The second kappa shape index (κ2) is 7.36. The van der Waals surface area contributed by atoms with E-state index in [4.69, 9.17) is 9.72 Å². The van der Waals surface area contributed by atoms with Crippen molar-refractivity contribution in [3.05, 3.63) is 52.6 Å². The van der Waals surface area contributed by atoms with Gasteiger partial charge >= 0.3 is 0 Å². The quantitative estimate of drug-likeness (QED) is 0.503. The average molecular weight is 366 g/mol. The van der Waals surface area contributed by atoms with Crippen LogP contribution in [0.4, 0.5) is 5.69 Å². The predicted molar refractivity (Wildman–Crippen MR) is 104 cm³/mol. The average Bonchev–Trinajstić information content (AvgIpc) is 3.06. The molecule has 7 heteroatoms. The number of imidazole rings is 1. The van der Waals surface area contributed by atoms with Gasteiger partial charge in [0.25, 0.3) is 5.69 Å². The van der Waals surface area contributed by atoms with E-state index in [2.05, 4.69) is 9.47 Å². The molecule has 0 unspecified atom stereocenters. The van der Waals surface area contributed by atoms with Gasteiger partial charge in [0.15, 0.2) is 0 Å². The summed E-state index contributed by atoms with van der Waals surface area (Å²) >= 11 is 0. The van der Waals surface area contributed by atoms with Gasteiger partial charge in [-0.25, -0.2) is 4.98 Å². The van der Waals surface area contributed by atoms with Crippen LogP contribution >= 0.6 is 0 Å². The fourth-order valence-corrected chi connectivity index (χ4v) is 3.64. The van der Waals surface area contributed by atoms with Crippen LogP contribution in [0.1, 0.15) is 19.3 Å². The molecule has 1 fully saturated rings. The molecular formula is C20H22N4O3. The van der Waals surface area contributed by atoms with Crippen LogP contribution in [-0.2, 0) is 6.67 Å². The Kier molecular flexibility index (Phi) is 4.77. The van der Waals surface area contributed by atoms with Crippen LogP contribution in [0.5, 0.6) is 5.75 Å². The molecule has 0 atom stereocenters. The summed E-state index contributed by atoms with van der Waals surface area (Å²) in [5.41, 5.74) is 2.59. The van der Waals surface area contributed by atoms with Gasteiger partial charge in [0.2, 0.25) is 0 Å². The molecule has 1 saturated heterocycles. The van der Waals surface area contributed by atoms with E-state index in [1.54, 1.807) is 25.3 Å². The molecule has 27 heavy (non-hydrogen) atoms. The van der Waals surface area contributed by atoms with Crippen LogP contribution in [0.15, 0.2) is 42.5 Å². The van der Waals surface area contributed by atoms with Crippen molar-refractivity contribution in [2.75, 3.05) is 20.2 Å². The van der Waals surface area contributed by atoms with Crippen LogP contribution in [0, 0.1) is 10.1 Å². The van der Waals surface area contributed by atoms with E-state index >= 15 is 0 Å². The third-order valence-corrected chi connectivity index (χ3v) is 5.08. The molecule has 0 N–H and O–H groups in total. The van der Waals surface area contributed by atoms with Crippen molar-refractivity contribution < 1.29 is 9.66 Å². The van der Waals surface area contributed by atoms with E-state index in [0.717, 1.165) is 42.4 Å². The molecule has 2 aromatic carbocycles. The first-order valence-electron chi connectivity index (χ1n) is 9.17. The van der Waals surface area contributed by atoms with E-state index in [9.17, 15) is 10.1 Å². The molecular weight excluding hydrogens is 344 g/mol. The predicted octanol–water partition coefficient (Wildman–Crippen LogP) is 4.06. The van der Waals surface area contributed by atoms with Gasteiger partial charge in [-0.2, -0.15) is 0 Å². The van der Waals surface area contributed by atoms with Gasteiger partial charge in [-0.1, -0.05) is 6.42 Å². The van der Waals surface area contributed by atoms with Crippen molar-refractivity contribution in [3.8, 4) is 17.1 Å². The minimum absolute atomic E-state index is 0.0615. The molecule has 0 bridgehead atoms. The summed E-state index contributed by atoms with van der Waals surface area (Å²) in [5.74, 6) is 1.60. The number of methoxy groups -OCH3 is 1. The second-order valence-corrected chi connectivity index (χ2v) is 6.84. The smallest absolute Gasteiger partial charge is 0.271 e. The number of nitrogens with zero attached hydrogens (tertiary/aromatic N) is 4. The van der Waals surface area contributed by atoms with Gasteiger partial charge in [0.1, 0.15) is 11.6 Å². The van der Waals surface area contributed by atoms with Gasteiger partial charge in [-0.05, 0) is 56.3 Å². The maximum Gasteiger partial charge on any atom is 0.271 e. The number of hydrogen-bond donors (Lipinski definition) is 0. The highest BCUT2D eigenvalue weighted by Crippen LogP contribution is 2.29. The van der Waals surface area contributed by atoms with E-state index in [-0.39, 0.29) is 10.6 Å². The minimum atomic E-state index is -0.379. The number of non-ortho nitro benzene ring substituents is 1. The first kappa shape index (κ1) is 17.5. The SMILES string of the molecule is COc1ccc(-c2nc3cc([N+](=O)[O-])ccc3n2CN2CCCCC2)cc1. The molecule has 2 heterocycles. The van der Waals surface area contributed by atoms with Gasteiger partial charge in [0, 0.05) is 17.7 Å². The number of piperidine rings is 1. The summed E-state index contributed by atoms with van der Waals surface area (Å²) in [4.78, 5) is 17.9. The topological polar surface area (TPSA) is 73.4 Å². The van der Waals surface area contributed by atoms with Gasteiger partial charge < -0.3 is 9.30 Å². The summed E-state index contributed by atoms with van der Waals surface area (Å²) in [6.45, 7) is 2.86. The number of hydrogen-bond acceptors (Lipinski definition) is 5. The third-order valence-electron chi connectivity index (χ3n) is 5.08. The van der Waals surface area contributed by atoms with Crippen molar-refractivity contribution in [1.29, 1.82) is 0 Å². The highest BCUT2D eigenvalue weighted by Gasteiger charge is 2.19. The van der Waals surface area contributed by atoms with Crippen LogP contribution in [-0.4, -0.2) is 39.6 Å². The molecule has 140 valence electrons. The molecule has 7 nitrogen and oxygen atoms in total. The van der Waals surface area contributed by atoms with E-state index < -0.39 is 0 Å². The zero-order valence-corrected chi connectivity index (χ0v) is 15.3. The van der Waals surface area contributed by atoms with Crippen molar-refractivity contribution in [1.82, 2.24) is 14.5 Å². The first-order chi connectivity index (χ1) is 13.2. The molecule has 1 aliphatic rings. The third kappa shape index (κ3) is 3.50. The Balaban J connectivity index is 1.80. The fourth-order valence-electron chi connectivity index (χ4n) is 3.64. The maximum atomic E-state index is 11.1. The Labute approximate surface area is 157 Å². The number of aromatic nitrogens is 2. The number of ether oxygens (including phenoxy) is 1. The highest BCUT2D eigenvalue weighted by atomic mass is 16.6. The number of likely N-dealkylation sites (tertiary alicyclic amines) is 1. The van der Waals surface area contributed by atoms with Gasteiger partial charge in [-0.3, -0.25) is 15.0 Å². The largest absolute Gasteiger partial charge is 0.497 e. The first-order valence-corrected chi connectivity index (χ1v) is 9.17. The summed E-state index contributed by atoms with van der Waals surface area (Å²) in [7, 11) is 1.64. The Bertz CT molecular complexity index is 959. The lowest BCUT2D eigenvalue weighted by molar-refractivity contribution is -0.384.